The van der Waals surface area contributed by atoms with Crippen molar-refractivity contribution in [1.82, 2.24) is 5.32 Å². The topological polar surface area (TPSA) is 49.3 Å². The molecule has 0 aromatic carbocycles. The fourth-order valence-electron chi connectivity index (χ4n) is 4.59. The Bertz CT molecular complexity index is 370. The molecule has 0 aliphatic carbocycles. The highest BCUT2D eigenvalue weighted by atomic mass is 16.4. The van der Waals surface area contributed by atoms with Crippen LogP contribution >= 0.6 is 0 Å². The molecule has 0 rings (SSSR count). The lowest BCUT2D eigenvalue weighted by Crippen LogP contribution is -2.21. The Morgan fingerprint density at radius 3 is 1.00 bits per heavy atom. The van der Waals surface area contributed by atoms with Crippen LogP contribution in [0.4, 0.5) is 4.79 Å². The third-order valence-electron chi connectivity index (χ3n) is 6.73. The molecule has 1 amide bonds. The monoisotopic (exact) mass is 453 g/mol. The van der Waals surface area contributed by atoms with Gasteiger partial charge in [0.15, 0.2) is 0 Å². The molecule has 0 saturated heterocycles. The highest BCUT2D eigenvalue weighted by Gasteiger charge is 1.97. The third-order valence-corrected chi connectivity index (χ3v) is 6.73. The molecule has 0 saturated carbocycles. The van der Waals surface area contributed by atoms with Crippen LogP contribution in [0.3, 0.4) is 0 Å². The van der Waals surface area contributed by atoms with Crippen LogP contribution < -0.4 is 5.32 Å². The van der Waals surface area contributed by atoms with Gasteiger partial charge in [0.25, 0.3) is 0 Å². The van der Waals surface area contributed by atoms with Crippen molar-refractivity contribution in [3.8, 4) is 0 Å². The maximum atomic E-state index is 10.3. The van der Waals surface area contributed by atoms with Gasteiger partial charge in [-0.25, -0.2) is 4.79 Å². The molecule has 0 aliphatic heterocycles. The smallest absolute Gasteiger partial charge is 0.404 e. The Kier molecular flexibility index (Phi) is 25.9. The summed E-state index contributed by atoms with van der Waals surface area (Å²) in [5.74, 6) is 0.884. The summed E-state index contributed by atoms with van der Waals surface area (Å²) in [5, 5.41) is 10.9. The lowest BCUT2D eigenvalue weighted by molar-refractivity contribution is 0.194. The van der Waals surface area contributed by atoms with Crippen molar-refractivity contribution in [2.24, 2.45) is 5.92 Å². The summed E-state index contributed by atoms with van der Waals surface area (Å²) in [6.07, 6.45) is 32.6. The molecular weight excluding hydrogens is 394 g/mol. The molecule has 3 heteroatoms. The first-order valence-electron chi connectivity index (χ1n) is 14.6. The van der Waals surface area contributed by atoms with E-state index >= 15 is 0 Å². The van der Waals surface area contributed by atoms with Crippen molar-refractivity contribution in [2.75, 3.05) is 6.54 Å². The number of carbonyl (C=O) groups is 1. The highest BCUT2D eigenvalue weighted by molar-refractivity contribution is 5.64. The average molecular weight is 454 g/mol. The van der Waals surface area contributed by atoms with Crippen LogP contribution in [0.5, 0.6) is 0 Å². The van der Waals surface area contributed by atoms with E-state index in [2.05, 4.69) is 19.2 Å². The van der Waals surface area contributed by atoms with Gasteiger partial charge in [0, 0.05) is 6.54 Å². The van der Waals surface area contributed by atoms with Crippen LogP contribution in [-0.4, -0.2) is 17.7 Å². The van der Waals surface area contributed by atoms with Crippen LogP contribution in [0.25, 0.3) is 0 Å². The zero-order chi connectivity index (χ0) is 23.5. The van der Waals surface area contributed by atoms with Gasteiger partial charge in [-0.05, 0) is 12.3 Å². The predicted molar refractivity (Wildman–Crippen MR) is 142 cm³/mol. The predicted octanol–water partition coefficient (Wildman–Crippen LogP) is 10.3. The maximum Gasteiger partial charge on any atom is 0.404 e. The largest absolute Gasteiger partial charge is 0.465 e. The normalized spacial score (nSPS) is 11.3. The lowest BCUT2D eigenvalue weighted by Gasteiger charge is -2.05. The summed E-state index contributed by atoms with van der Waals surface area (Å²) in [7, 11) is 0. The van der Waals surface area contributed by atoms with E-state index in [1.807, 2.05) is 0 Å². The molecule has 0 atom stereocenters. The Balaban J connectivity index is 3.02. The van der Waals surface area contributed by atoms with Crippen LogP contribution in [0.1, 0.15) is 168 Å². The van der Waals surface area contributed by atoms with Crippen molar-refractivity contribution in [1.29, 1.82) is 0 Å². The second kappa shape index (κ2) is 26.5. The number of hydrogen-bond donors (Lipinski definition) is 2. The Labute approximate surface area is 201 Å². The fourth-order valence-corrected chi connectivity index (χ4v) is 4.59. The zero-order valence-corrected chi connectivity index (χ0v) is 22.1. The molecular formula is C29H59NO2. The van der Waals surface area contributed by atoms with Crippen molar-refractivity contribution in [3.63, 3.8) is 0 Å². The third kappa shape index (κ3) is 29.3. The van der Waals surface area contributed by atoms with E-state index in [-0.39, 0.29) is 0 Å². The second-order valence-electron chi connectivity index (χ2n) is 10.5. The van der Waals surface area contributed by atoms with E-state index in [1.165, 1.54) is 141 Å². The summed E-state index contributed by atoms with van der Waals surface area (Å²) in [5.41, 5.74) is 0. The summed E-state index contributed by atoms with van der Waals surface area (Å²) in [6, 6.07) is 0. The molecule has 0 unspecified atom stereocenters. The minimum Gasteiger partial charge on any atom is -0.465 e. The number of hydrogen-bond acceptors (Lipinski definition) is 1. The summed E-state index contributed by atoms with van der Waals surface area (Å²) in [6.45, 7) is 5.28. The molecule has 0 radical (unpaired) electrons. The van der Waals surface area contributed by atoms with E-state index in [4.69, 9.17) is 5.11 Å². The first-order chi connectivity index (χ1) is 15.6. The van der Waals surface area contributed by atoms with Gasteiger partial charge in [0.2, 0.25) is 0 Å². The molecule has 192 valence electrons. The first kappa shape index (κ1) is 31.3. The van der Waals surface area contributed by atoms with Gasteiger partial charge in [0.05, 0.1) is 0 Å². The van der Waals surface area contributed by atoms with E-state index in [9.17, 15) is 4.79 Å². The fraction of sp³-hybridized carbons (Fsp3) is 0.966. The van der Waals surface area contributed by atoms with Crippen LogP contribution in [-0.2, 0) is 0 Å². The molecule has 2 N–H and O–H groups in total. The van der Waals surface area contributed by atoms with Gasteiger partial charge in [-0.1, -0.05) is 162 Å². The van der Waals surface area contributed by atoms with Gasteiger partial charge in [0.1, 0.15) is 0 Å². The molecule has 0 aliphatic rings. The summed E-state index contributed by atoms with van der Waals surface area (Å²) in [4.78, 5) is 10.3. The first-order valence-corrected chi connectivity index (χ1v) is 14.6. The van der Waals surface area contributed by atoms with E-state index in [0.29, 0.717) is 6.54 Å². The summed E-state index contributed by atoms with van der Waals surface area (Å²) < 4.78 is 0. The molecule has 0 heterocycles. The average Bonchev–Trinajstić information content (AvgIpc) is 2.75. The minimum atomic E-state index is -0.899. The number of nitrogens with one attached hydrogen (secondary N) is 1. The van der Waals surface area contributed by atoms with Crippen molar-refractivity contribution < 1.29 is 9.90 Å². The molecule has 32 heavy (non-hydrogen) atoms. The molecule has 3 nitrogen and oxygen atoms in total. The van der Waals surface area contributed by atoms with Crippen LogP contribution in [0, 0.1) is 5.92 Å². The maximum absolute atomic E-state index is 10.3. The molecule has 0 aromatic rings. The van der Waals surface area contributed by atoms with Crippen LogP contribution in [0.15, 0.2) is 0 Å². The summed E-state index contributed by atoms with van der Waals surface area (Å²) >= 11 is 0. The number of unbranched alkanes of at least 4 members (excludes halogenated alkanes) is 22. The lowest BCUT2D eigenvalue weighted by atomic mass is 10.0. The minimum absolute atomic E-state index is 0.605. The SMILES string of the molecule is CC(C)CCCCCCCCCCCCCCCCCCCCCCCCCNC(=O)O. The van der Waals surface area contributed by atoms with Crippen molar-refractivity contribution >= 4 is 6.09 Å². The van der Waals surface area contributed by atoms with Crippen molar-refractivity contribution in [2.45, 2.75) is 168 Å². The van der Waals surface area contributed by atoms with Gasteiger partial charge in [-0.15, -0.1) is 0 Å². The molecule has 0 spiro atoms. The number of carboxylic acid groups (broad SMARTS) is 1. The Hall–Kier alpha value is -0.730. The second-order valence-corrected chi connectivity index (χ2v) is 10.5. The van der Waals surface area contributed by atoms with Gasteiger partial charge < -0.3 is 10.4 Å². The van der Waals surface area contributed by atoms with Gasteiger partial charge in [-0.2, -0.15) is 0 Å². The Morgan fingerprint density at radius 2 is 0.750 bits per heavy atom. The van der Waals surface area contributed by atoms with E-state index < -0.39 is 6.09 Å². The Morgan fingerprint density at radius 1 is 0.500 bits per heavy atom. The zero-order valence-electron chi connectivity index (χ0n) is 22.1. The van der Waals surface area contributed by atoms with Crippen LogP contribution in [0.2, 0.25) is 0 Å². The van der Waals surface area contributed by atoms with Crippen molar-refractivity contribution in [3.05, 3.63) is 0 Å². The van der Waals surface area contributed by atoms with Gasteiger partial charge in [-0.3, -0.25) is 0 Å². The molecule has 0 fully saturated rings. The van der Waals surface area contributed by atoms with Gasteiger partial charge >= 0.3 is 6.09 Å². The molecule has 0 aromatic heterocycles. The standard InChI is InChI=1S/C29H59NO2/c1-28(2)26-24-22-20-18-16-14-12-10-8-6-4-3-5-7-9-11-13-15-17-19-21-23-25-27-30-29(31)32/h28,30H,3-27H2,1-2H3,(H,31,32). The molecule has 0 bridgehead atoms. The van der Waals surface area contributed by atoms with E-state index in [1.54, 1.807) is 0 Å². The number of rotatable bonds is 26. The quantitative estimate of drug-likeness (QED) is 0.128. The highest BCUT2D eigenvalue weighted by Crippen LogP contribution is 2.16. The van der Waals surface area contributed by atoms with E-state index in [0.717, 1.165) is 18.8 Å². The number of amides is 1.